The molecule has 0 unspecified atom stereocenters. The molecule has 7 heteroatoms. The monoisotopic (exact) mass is 319 g/mol. The van der Waals surface area contributed by atoms with Gasteiger partial charge in [0.15, 0.2) is 5.82 Å². The molecular formula is C17H17N7. The van der Waals surface area contributed by atoms with Crippen LogP contribution in [-0.2, 0) is 6.42 Å². The number of hydrogen-bond donors (Lipinski definition) is 1. The van der Waals surface area contributed by atoms with Gasteiger partial charge in [0.05, 0.1) is 35.5 Å². The zero-order valence-electron chi connectivity index (χ0n) is 13.5. The number of H-pyrrole nitrogens is 1. The van der Waals surface area contributed by atoms with Gasteiger partial charge < -0.3 is 4.57 Å². The summed E-state index contributed by atoms with van der Waals surface area (Å²) < 4.78 is 2.15. The second kappa shape index (κ2) is 5.84. The van der Waals surface area contributed by atoms with Crippen LogP contribution in [0, 0.1) is 0 Å². The van der Waals surface area contributed by atoms with E-state index in [-0.39, 0.29) is 0 Å². The third-order valence-corrected chi connectivity index (χ3v) is 3.91. The van der Waals surface area contributed by atoms with Crippen molar-refractivity contribution in [3.8, 4) is 11.4 Å². The molecular weight excluding hydrogens is 302 g/mol. The maximum Gasteiger partial charge on any atom is 0.162 e. The van der Waals surface area contributed by atoms with Crippen molar-refractivity contribution in [2.24, 2.45) is 0 Å². The maximum atomic E-state index is 4.60. The molecule has 0 atom stereocenters. The quantitative estimate of drug-likeness (QED) is 0.625. The van der Waals surface area contributed by atoms with E-state index >= 15 is 0 Å². The molecule has 0 aliphatic rings. The predicted molar refractivity (Wildman–Crippen MR) is 90.3 cm³/mol. The number of aromatic amines is 1. The molecule has 0 amide bonds. The first kappa shape index (κ1) is 14.5. The third kappa shape index (κ3) is 2.64. The molecule has 0 radical (unpaired) electrons. The fourth-order valence-electron chi connectivity index (χ4n) is 2.67. The highest BCUT2D eigenvalue weighted by atomic mass is 15.1. The fourth-order valence-corrected chi connectivity index (χ4v) is 2.67. The first-order valence-electron chi connectivity index (χ1n) is 7.83. The van der Waals surface area contributed by atoms with Crippen molar-refractivity contribution in [2.75, 3.05) is 0 Å². The number of pyridine rings is 1. The molecule has 120 valence electrons. The largest absolute Gasteiger partial charge is 0.328 e. The Labute approximate surface area is 138 Å². The summed E-state index contributed by atoms with van der Waals surface area (Å²) in [5.74, 6) is 0.662. The minimum atomic E-state index is 0.358. The molecule has 0 aromatic carbocycles. The lowest BCUT2D eigenvalue weighted by molar-refractivity contribution is 0.617. The van der Waals surface area contributed by atoms with Gasteiger partial charge in [-0.3, -0.25) is 10.1 Å². The molecule has 4 aromatic rings. The molecule has 4 rings (SSSR count). The summed E-state index contributed by atoms with van der Waals surface area (Å²) >= 11 is 0. The van der Waals surface area contributed by atoms with Gasteiger partial charge in [-0.1, -0.05) is 0 Å². The molecule has 0 spiro atoms. The zero-order chi connectivity index (χ0) is 16.5. The van der Waals surface area contributed by atoms with Crippen LogP contribution in [0.15, 0.2) is 43.2 Å². The smallest absolute Gasteiger partial charge is 0.162 e. The minimum absolute atomic E-state index is 0.358. The maximum absolute atomic E-state index is 4.60. The van der Waals surface area contributed by atoms with E-state index < -0.39 is 0 Å². The van der Waals surface area contributed by atoms with Crippen molar-refractivity contribution >= 4 is 11.0 Å². The van der Waals surface area contributed by atoms with Gasteiger partial charge in [0, 0.05) is 30.6 Å². The van der Waals surface area contributed by atoms with Gasteiger partial charge >= 0.3 is 0 Å². The second-order valence-corrected chi connectivity index (χ2v) is 5.95. The third-order valence-electron chi connectivity index (χ3n) is 3.91. The van der Waals surface area contributed by atoms with E-state index in [0.717, 1.165) is 28.0 Å². The van der Waals surface area contributed by atoms with Gasteiger partial charge in [0.2, 0.25) is 0 Å². The Balaban J connectivity index is 1.67. The number of hydrogen-bond acceptors (Lipinski definition) is 5. The molecule has 0 aliphatic heterocycles. The minimum Gasteiger partial charge on any atom is -0.328 e. The average molecular weight is 319 g/mol. The van der Waals surface area contributed by atoms with Gasteiger partial charge in [0.1, 0.15) is 5.52 Å². The standard InChI is InChI=1S/C17H17N7/c1-11(2)24-10-20-15-9-19-14(6-16(15)24)5-13-3-4-18-17(23-13)12-7-21-22-8-12/h3-4,6-11H,5H2,1-2H3,(H,21,22). The summed E-state index contributed by atoms with van der Waals surface area (Å²) in [4.78, 5) is 17.8. The fraction of sp³-hybridized carbons (Fsp3) is 0.235. The second-order valence-electron chi connectivity index (χ2n) is 5.95. The zero-order valence-corrected chi connectivity index (χ0v) is 13.5. The average Bonchev–Trinajstić information content (AvgIpc) is 3.24. The van der Waals surface area contributed by atoms with Gasteiger partial charge in [-0.15, -0.1) is 0 Å². The SMILES string of the molecule is CC(C)n1cnc2cnc(Cc3ccnc(-c4cn[nH]c4)n3)cc21. The molecule has 0 saturated carbocycles. The molecule has 24 heavy (non-hydrogen) atoms. The molecule has 0 fully saturated rings. The van der Waals surface area contributed by atoms with Crippen LogP contribution in [0.4, 0.5) is 0 Å². The molecule has 4 aromatic heterocycles. The number of nitrogens with zero attached hydrogens (tertiary/aromatic N) is 6. The van der Waals surface area contributed by atoms with Crippen LogP contribution in [0.3, 0.4) is 0 Å². The molecule has 0 saturated heterocycles. The van der Waals surface area contributed by atoms with Gasteiger partial charge in [0.25, 0.3) is 0 Å². The van der Waals surface area contributed by atoms with Crippen LogP contribution < -0.4 is 0 Å². The van der Waals surface area contributed by atoms with E-state index in [9.17, 15) is 0 Å². The molecule has 4 heterocycles. The van der Waals surface area contributed by atoms with Crippen molar-refractivity contribution < 1.29 is 0 Å². The molecule has 1 N–H and O–H groups in total. The van der Waals surface area contributed by atoms with Crippen LogP contribution in [0.5, 0.6) is 0 Å². The summed E-state index contributed by atoms with van der Waals surface area (Å²) in [6, 6.07) is 4.36. The van der Waals surface area contributed by atoms with E-state index in [4.69, 9.17) is 0 Å². The highest BCUT2D eigenvalue weighted by Crippen LogP contribution is 2.19. The predicted octanol–water partition coefficient (Wildman–Crippen LogP) is 2.78. The van der Waals surface area contributed by atoms with Crippen molar-refractivity contribution in [3.05, 3.63) is 54.6 Å². The lowest BCUT2D eigenvalue weighted by Crippen LogP contribution is -2.01. The Hall–Kier alpha value is -3.09. The number of nitrogens with one attached hydrogen (secondary N) is 1. The Bertz CT molecular complexity index is 970. The van der Waals surface area contributed by atoms with Crippen LogP contribution in [0.1, 0.15) is 31.3 Å². The highest BCUT2D eigenvalue weighted by Gasteiger charge is 2.09. The summed E-state index contributed by atoms with van der Waals surface area (Å²) in [5.41, 5.74) is 4.76. The number of imidazole rings is 1. The summed E-state index contributed by atoms with van der Waals surface area (Å²) in [5, 5.41) is 6.72. The van der Waals surface area contributed by atoms with Crippen molar-refractivity contribution in [1.82, 2.24) is 34.7 Å². The van der Waals surface area contributed by atoms with Gasteiger partial charge in [-0.25, -0.2) is 15.0 Å². The van der Waals surface area contributed by atoms with E-state index in [1.54, 1.807) is 18.6 Å². The Morgan fingerprint density at radius 1 is 1.12 bits per heavy atom. The summed E-state index contributed by atoms with van der Waals surface area (Å²) in [7, 11) is 0. The van der Waals surface area contributed by atoms with Crippen molar-refractivity contribution in [1.29, 1.82) is 0 Å². The van der Waals surface area contributed by atoms with Gasteiger partial charge in [-0.05, 0) is 26.0 Å². The topological polar surface area (TPSA) is 85.2 Å². The lowest BCUT2D eigenvalue weighted by atomic mass is 10.2. The molecule has 0 aliphatic carbocycles. The van der Waals surface area contributed by atoms with E-state index in [1.807, 2.05) is 18.6 Å². The normalized spacial score (nSPS) is 11.5. The summed E-state index contributed by atoms with van der Waals surface area (Å²) in [6.07, 6.45) is 9.59. The van der Waals surface area contributed by atoms with Crippen LogP contribution in [-0.4, -0.2) is 34.7 Å². The van der Waals surface area contributed by atoms with Crippen LogP contribution in [0.25, 0.3) is 22.4 Å². The highest BCUT2D eigenvalue weighted by molar-refractivity contribution is 5.74. The molecule has 7 nitrogen and oxygen atoms in total. The lowest BCUT2D eigenvalue weighted by Gasteiger charge is -2.08. The van der Waals surface area contributed by atoms with E-state index in [0.29, 0.717) is 18.3 Å². The first-order chi connectivity index (χ1) is 11.7. The van der Waals surface area contributed by atoms with Crippen LogP contribution in [0.2, 0.25) is 0 Å². The number of fused-ring (bicyclic) bond motifs is 1. The Morgan fingerprint density at radius 2 is 2.04 bits per heavy atom. The molecule has 0 bridgehead atoms. The number of rotatable bonds is 4. The summed E-state index contributed by atoms with van der Waals surface area (Å²) in [6.45, 7) is 4.28. The van der Waals surface area contributed by atoms with E-state index in [1.165, 1.54) is 0 Å². The van der Waals surface area contributed by atoms with E-state index in [2.05, 4.69) is 54.6 Å². The van der Waals surface area contributed by atoms with Crippen LogP contribution >= 0.6 is 0 Å². The Morgan fingerprint density at radius 3 is 2.83 bits per heavy atom. The van der Waals surface area contributed by atoms with Crippen molar-refractivity contribution in [2.45, 2.75) is 26.3 Å². The van der Waals surface area contributed by atoms with Crippen molar-refractivity contribution in [3.63, 3.8) is 0 Å². The Kier molecular flexibility index (Phi) is 3.53. The first-order valence-corrected chi connectivity index (χ1v) is 7.83. The van der Waals surface area contributed by atoms with Gasteiger partial charge in [-0.2, -0.15) is 5.10 Å². The number of aromatic nitrogens is 7.